The van der Waals surface area contributed by atoms with Gasteiger partial charge in [0.05, 0.1) is 0 Å². The zero-order chi connectivity index (χ0) is 20.4. The number of thiophene rings is 1. The molecular weight excluding hydrogens is 408 g/mol. The minimum absolute atomic E-state index is 0.0603. The number of fused-ring (bicyclic) bond motifs is 1. The molecule has 1 amide bonds. The molecule has 1 saturated heterocycles. The van der Waals surface area contributed by atoms with Crippen molar-refractivity contribution in [1.82, 2.24) is 9.21 Å². The lowest BCUT2D eigenvalue weighted by molar-refractivity contribution is -0.134. The SMILES string of the molecule is Cc1ccc(S(=O)(=O)N2CCN(C(=O)COc3ccc4ccccc4c3)CC2)s1. The monoisotopic (exact) mass is 430 g/mol. The van der Waals surface area contributed by atoms with Crippen LogP contribution in [-0.2, 0) is 14.8 Å². The van der Waals surface area contributed by atoms with Crippen LogP contribution in [0.4, 0.5) is 0 Å². The van der Waals surface area contributed by atoms with Gasteiger partial charge in [-0.25, -0.2) is 8.42 Å². The number of amides is 1. The Morgan fingerprint density at radius 3 is 2.41 bits per heavy atom. The van der Waals surface area contributed by atoms with Gasteiger partial charge in [-0.15, -0.1) is 11.3 Å². The molecule has 2 heterocycles. The standard InChI is InChI=1S/C21H22N2O4S2/c1-16-6-9-21(28-16)29(25,26)23-12-10-22(11-13-23)20(24)15-27-19-8-7-17-4-2-3-5-18(17)14-19/h2-9,14H,10-13,15H2,1H3. The van der Waals surface area contributed by atoms with E-state index in [1.54, 1.807) is 17.0 Å². The van der Waals surface area contributed by atoms with Gasteiger partial charge in [0, 0.05) is 31.1 Å². The molecule has 0 radical (unpaired) electrons. The average Bonchev–Trinajstić information content (AvgIpc) is 3.19. The summed E-state index contributed by atoms with van der Waals surface area (Å²) in [7, 11) is -3.48. The second-order valence-corrected chi connectivity index (χ2v) is 10.4. The topological polar surface area (TPSA) is 66.9 Å². The van der Waals surface area contributed by atoms with Gasteiger partial charge in [-0.3, -0.25) is 4.79 Å². The van der Waals surface area contributed by atoms with E-state index in [1.807, 2.05) is 49.4 Å². The summed E-state index contributed by atoms with van der Waals surface area (Å²) in [4.78, 5) is 15.1. The lowest BCUT2D eigenvalue weighted by atomic mass is 10.1. The van der Waals surface area contributed by atoms with Crippen LogP contribution in [0.25, 0.3) is 10.8 Å². The minimum Gasteiger partial charge on any atom is -0.484 e. The number of ether oxygens (including phenoxy) is 1. The fraction of sp³-hybridized carbons (Fsp3) is 0.286. The highest BCUT2D eigenvalue weighted by Crippen LogP contribution is 2.25. The number of nitrogens with zero attached hydrogens (tertiary/aromatic N) is 2. The van der Waals surface area contributed by atoms with Gasteiger partial charge in [-0.1, -0.05) is 30.3 Å². The first-order chi connectivity index (χ1) is 13.9. The Bertz CT molecular complexity index is 1130. The molecule has 0 unspecified atom stereocenters. The number of aryl methyl sites for hydroxylation is 1. The first-order valence-electron chi connectivity index (χ1n) is 9.39. The Hall–Kier alpha value is -2.42. The van der Waals surface area contributed by atoms with Gasteiger partial charge in [-0.2, -0.15) is 4.31 Å². The summed E-state index contributed by atoms with van der Waals surface area (Å²) in [5.41, 5.74) is 0. The van der Waals surface area contributed by atoms with Crippen LogP contribution in [0, 0.1) is 6.92 Å². The Morgan fingerprint density at radius 2 is 1.72 bits per heavy atom. The van der Waals surface area contributed by atoms with Crippen molar-refractivity contribution in [2.75, 3.05) is 32.8 Å². The second-order valence-electron chi connectivity index (χ2n) is 6.95. The van der Waals surface area contributed by atoms with Crippen molar-refractivity contribution in [2.24, 2.45) is 0 Å². The van der Waals surface area contributed by atoms with Crippen molar-refractivity contribution < 1.29 is 17.9 Å². The number of rotatable bonds is 5. The smallest absolute Gasteiger partial charge is 0.260 e. The normalized spacial score (nSPS) is 15.6. The van der Waals surface area contributed by atoms with E-state index in [0.29, 0.717) is 36.1 Å². The third-order valence-corrected chi connectivity index (χ3v) is 8.35. The molecular formula is C21H22N2O4S2. The van der Waals surface area contributed by atoms with E-state index < -0.39 is 10.0 Å². The molecule has 0 saturated carbocycles. The van der Waals surface area contributed by atoms with Gasteiger partial charge in [0.15, 0.2) is 6.61 Å². The van der Waals surface area contributed by atoms with E-state index >= 15 is 0 Å². The van der Waals surface area contributed by atoms with Gasteiger partial charge in [0.2, 0.25) is 0 Å². The number of benzene rings is 2. The first-order valence-corrected chi connectivity index (χ1v) is 11.6. The fourth-order valence-corrected chi connectivity index (χ4v) is 6.21. The van der Waals surface area contributed by atoms with Crippen LogP contribution >= 0.6 is 11.3 Å². The Kier molecular flexibility index (Phi) is 5.58. The van der Waals surface area contributed by atoms with E-state index in [0.717, 1.165) is 15.6 Å². The zero-order valence-corrected chi connectivity index (χ0v) is 17.7. The summed E-state index contributed by atoms with van der Waals surface area (Å²) in [5.74, 6) is 0.508. The van der Waals surface area contributed by atoms with E-state index in [-0.39, 0.29) is 12.5 Å². The van der Waals surface area contributed by atoms with Crippen molar-refractivity contribution >= 4 is 38.0 Å². The number of sulfonamides is 1. The molecule has 8 heteroatoms. The third kappa shape index (κ3) is 4.29. The number of carbonyl (C=O) groups is 1. The largest absolute Gasteiger partial charge is 0.484 e. The molecule has 0 spiro atoms. The van der Waals surface area contributed by atoms with Crippen LogP contribution in [0.5, 0.6) is 5.75 Å². The molecule has 1 aliphatic rings. The van der Waals surface area contributed by atoms with Crippen molar-refractivity contribution in [3.8, 4) is 5.75 Å². The van der Waals surface area contributed by atoms with E-state index in [9.17, 15) is 13.2 Å². The first kappa shape index (κ1) is 19.9. The van der Waals surface area contributed by atoms with Crippen LogP contribution in [-0.4, -0.2) is 56.3 Å². The molecule has 1 fully saturated rings. The zero-order valence-electron chi connectivity index (χ0n) is 16.1. The summed E-state index contributed by atoms with van der Waals surface area (Å²) in [5, 5.41) is 2.17. The molecule has 4 rings (SSSR count). The summed E-state index contributed by atoms with van der Waals surface area (Å²) in [6.45, 7) is 3.14. The quantitative estimate of drug-likeness (QED) is 0.624. The highest BCUT2D eigenvalue weighted by molar-refractivity contribution is 7.91. The lowest BCUT2D eigenvalue weighted by Crippen LogP contribution is -2.51. The van der Waals surface area contributed by atoms with Gasteiger partial charge < -0.3 is 9.64 Å². The molecule has 0 N–H and O–H groups in total. The average molecular weight is 431 g/mol. The molecule has 0 atom stereocenters. The molecule has 29 heavy (non-hydrogen) atoms. The lowest BCUT2D eigenvalue weighted by Gasteiger charge is -2.33. The summed E-state index contributed by atoms with van der Waals surface area (Å²) in [6.07, 6.45) is 0. The molecule has 0 bridgehead atoms. The van der Waals surface area contributed by atoms with Crippen molar-refractivity contribution in [3.05, 3.63) is 59.5 Å². The van der Waals surface area contributed by atoms with Crippen molar-refractivity contribution in [3.63, 3.8) is 0 Å². The second kappa shape index (κ2) is 8.14. The highest BCUT2D eigenvalue weighted by Gasteiger charge is 2.31. The molecule has 6 nitrogen and oxygen atoms in total. The summed E-state index contributed by atoms with van der Waals surface area (Å²) >= 11 is 1.27. The maximum atomic E-state index is 12.7. The third-order valence-electron chi connectivity index (χ3n) is 4.98. The van der Waals surface area contributed by atoms with Gasteiger partial charge in [0.25, 0.3) is 15.9 Å². The predicted molar refractivity (Wildman–Crippen MR) is 114 cm³/mol. The van der Waals surface area contributed by atoms with Gasteiger partial charge in [0.1, 0.15) is 9.96 Å². The maximum absolute atomic E-state index is 12.7. The van der Waals surface area contributed by atoms with E-state index in [2.05, 4.69) is 0 Å². The molecule has 152 valence electrons. The summed E-state index contributed by atoms with van der Waals surface area (Å²) < 4.78 is 32.9. The van der Waals surface area contributed by atoms with Crippen molar-refractivity contribution in [2.45, 2.75) is 11.1 Å². The predicted octanol–water partition coefficient (Wildman–Crippen LogP) is 3.12. The summed E-state index contributed by atoms with van der Waals surface area (Å²) in [6, 6.07) is 17.1. The van der Waals surface area contributed by atoms with E-state index in [4.69, 9.17) is 4.74 Å². The minimum atomic E-state index is -3.48. The van der Waals surface area contributed by atoms with Crippen LogP contribution in [0.15, 0.2) is 58.8 Å². The molecule has 1 aromatic heterocycles. The molecule has 0 aliphatic carbocycles. The number of hydrogen-bond donors (Lipinski definition) is 0. The van der Waals surface area contributed by atoms with Crippen LogP contribution in [0.2, 0.25) is 0 Å². The maximum Gasteiger partial charge on any atom is 0.260 e. The van der Waals surface area contributed by atoms with Crippen LogP contribution < -0.4 is 4.74 Å². The Labute approximate surface area is 174 Å². The molecule has 2 aromatic carbocycles. The Balaban J connectivity index is 1.33. The van der Waals surface area contributed by atoms with E-state index in [1.165, 1.54) is 15.6 Å². The van der Waals surface area contributed by atoms with Gasteiger partial charge in [-0.05, 0) is 42.0 Å². The van der Waals surface area contributed by atoms with Crippen LogP contribution in [0.1, 0.15) is 4.88 Å². The number of piperazine rings is 1. The van der Waals surface area contributed by atoms with Crippen molar-refractivity contribution in [1.29, 1.82) is 0 Å². The van der Waals surface area contributed by atoms with Gasteiger partial charge >= 0.3 is 0 Å². The number of hydrogen-bond acceptors (Lipinski definition) is 5. The number of carbonyl (C=O) groups excluding carboxylic acids is 1. The molecule has 1 aliphatic heterocycles. The van der Waals surface area contributed by atoms with Crippen LogP contribution in [0.3, 0.4) is 0 Å². The molecule has 3 aromatic rings. The Morgan fingerprint density at radius 1 is 1.00 bits per heavy atom. The highest BCUT2D eigenvalue weighted by atomic mass is 32.2. The fourth-order valence-electron chi connectivity index (χ4n) is 3.35.